The van der Waals surface area contributed by atoms with Crippen LogP contribution in [0.2, 0.25) is 0 Å². The molecule has 3 nitrogen and oxygen atoms in total. The predicted molar refractivity (Wildman–Crippen MR) is 182 cm³/mol. The van der Waals surface area contributed by atoms with Crippen LogP contribution in [0, 0.1) is 0 Å². The molecule has 9 aromatic rings. The first kappa shape index (κ1) is 24.6. The van der Waals surface area contributed by atoms with Crippen LogP contribution in [-0.4, -0.2) is 9.55 Å². The van der Waals surface area contributed by atoms with Gasteiger partial charge in [-0.05, 0) is 93.7 Å². The molecule has 0 saturated carbocycles. The maximum Gasteiger partial charge on any atom is 0.227 e. The summed E-state index contributed by atoms with van der Waals surface area (Å²) in [7, 11) is 0. The minimum absolute atomic E-state index is 0.628. The third-order valence-corrected chi connectivity index (χ3v) is 8.62. The number of benzene rings is 7. The molecule has 0 unspecified atom stereocenters. The van der Waals surface area contributed by atoms with Crippen LogP contribution in [-0.2, 0) is 0 Å². The lowest BCUT2D eigenvalue weighted by Gasteiger charge is -2.08. The molecule has 0 spiro atoms. The van der Waals surface area contributed by atoms with Crippen LogP contribution in [0.5, 0.6) is 0 Å². The Labute approximate surface area is 254 Å². The van der Waals surface area contributed by atoms with Crippen molar-refractivity contribution in [3.8, 4) is 39.4 Å². The van der Waals surface area contributed by atoms with E-state index < -0.39 is 0 Å². The SMILES string of the molecule is c1ccc(-n2c3ccccc3c3cc(-c4ccc(-c5nc6cc(-c7ccc8ccccc8c7)ccc6o5)cc4)ccc32)cc1. The highest BCUT2D eigenvalue weighted by Gasteiger charge is 2.14. The number of para-hydroxylation sites is 2. The van der Waals surface area contributed by atoms with Crippen LogP contribution in [0.15, 0.2) is 162 Å². The van der Waals surface area contributed by atoms with Gasteiger partial charge in [-0.15, -0.1) is 0 Å². The summed E-state index contributed by atoms with van der Waals surface area (Å²) in [6.45, 7) is 0. The van der Waals surface area contributed by atoms with Crippen molar-refractivity contribution in [2.75, 3.05) is 0 Å². The first-order valence-corrected chi connectivity index (χ1v) is 14.9. The lowest BCUT2D eigenvalue weighted by molar-refractivity contribution is 0.620. The van der Waals surface area contributed by atoms with Gasteiger partial charge in [0.1, 0.15) is 5.52 Å². The molecule has 2 heterocycles. The minimum atomic E-state index is 0.628. The molecule has 0 bridgehead atoms. The second-order valence-corrected chi connectivity index (χ2v) is 11.3. The molecule has 0 aliphatic carbocycles. The van der Waals surface area contributed by atoms with Gasteiger partial charge in [0.15, 0.2) is 5.58 Å². The highest BCUT2D eigenvalue weighted by Crippen LogP contribution is 2.36. The molecule has 0 fully saturated rings. The number of hydrogen-bond donors (Lipinski definition) is 0. The zero-order valence-electron chi connectivity index (χ0n) is 23.8. The van der Waals surface area contributed by atoms with Gasteiger partial charge in [0.25, 0.3) is 0 Å². The van der Waals surface area contributed by atoms with E-state index in [0.717, 1.165) is 27.8 Å². The molecule has 2 aromatic heterocycles. The first-order valence-electron chi connectivity index (χ1n) is 14.9. The van der Waals surface area contributed by atoms with E-state index in [4.69, 9.17) is 9.40 Å². The summed E-state index contributed by atoms with van der Waals surface area (Å²) < 4.78 is 8.54. The Bertz CT molecular complexity index is 2480. The number of rotatable bonds is 4. The van der Waals surface area contributed by atoms with Crippen LogP contribution in [0.25, 0.3) is 83.1 Å². The fourth-order valence-electron chi connectivity index (χ4n) is 6.41. The minimum Gasteiger partial charge on any atom is -0.436 e. The van der Waals surface area contributed by atoms with Crippen molar-refractivity contribution in [1.29, 1.82) is 0 Å². The van der Waals surface area contributed by atoms with Gasteiger partial charge in [-0.25, -0.2) is 4.98 Å². The van der Waals surface area contributed by atoms with Crippen LogP contribution in [0.3, 0.4) is 0 Å². The molecule has 206 valence electrons. The Kier molecular flexibility index (Phi) is 5.50. The van der Waals surface area contributed by atoms with E-state index in [0.29, 0.717) is 5.89 Å². The highest BCUT2D eigenvalue weighted by atomic mass is 16.3. The van der Waals surface area contributed by atoms with Crippen LogP contribution in [0.4, 0.5) is 0 Å². The van der Waals surface area contributed by atoms with Crippen molar-refractivity contribution in [3.63, 3.8) is 0 Å². The van der Waals surface area contributed by atoms with Crippen molar-refractivity contribution in [2.45, 2.75) is 0 Å². The Hall–Kier alpha value is -5.93. The Morgan fingerprint density at radius 2 is 1.07 bits per heavy atom. The summed E-state index contributed by atoms with van der Waals surface area (Å²) >= 11 is 0. The van der Waals surface area contributed by atoms with Gasteiger partial charge >= 0.3 is 0 Å². The van der Waals surface area contributed by atoms with E-state index in [-0.39, 0.29) is 0 Å². The first-order chi connectivity index (χ1) is 21.8. The maximum atomic E-state index is 6.20. The number of hydrogen-bond acceptors (Lipinski definition) is 2. The lowest BCUT2D eigenvalue weighted by atomic mass is 10.0. The van der Waals surface area contributed by atoms with Crippen LogP contribution < -0.4 is 0 Å². The highest BCUT2D eigenvalue weighted by molar-refractivity contribution is 6.10. The van der Waals surface area contributed by atoms with E-state index in [2.05, 4.69) is 156 Å². The summed E-state index contributed by atoms with van der Waals surface area (Å²) in [5.74, 6) is 0.628. The maximum absolute atomic E-state index is 6.20. The molecule has 9 rings (SSSR count). The smallest absolute Gasteiger partial charge is 0.227 e. The normalized spacial score (nSPS) is 11.6. The topological polar surface area (TPSA) is 31.0 Å². The average molecular weight is 563 g/mol. The third kappa shape index (κ3) is 4.02. The summed E-state index contributed by atoms with van der Waals surface area (Å²) in [6, 6.07) is 55.7. The van der Waals surface area contributed by atoms with Crippen molar-refractivity contribution < 1.29 is 4.42 Å². The summed E-state index contributed by atoms with van der Waals surface area (Å²) in [5.41, 5.74) is 10.8. The molecular formula is C41H26N2O. The summed E-state index contributed by atoms with van der Waals surface area (Å²) in [4.78, 5) is 4.87. The quantitative estimate of drug-likeness (QED) is 0.214. The third-order valence-electron chi connectivity index (χ3n) is 8.62. The molecule has 3 heteroatoms. The standard InChI is InChI=1S/C41H26N2O/c1-2-10-34(11-3-1)43-38-13-7-6-12-35(38)36-25-32(20-22-39(36)43)28-14-17-29(18-15-28)41-42-37-26-33(21-23-40(37)44-41)31-19-16-27-8-4-5-9-30(27)24-31/h1-26H. The van der Waals surface area contributed by atoms with Gasteiger partial charge in [0.05, 0.1) is 11.0 Å². The van der Waals surface area contributed by atoms with E-state index in [1.165, 1.54) is 49.4 Å². The van der Waals surface area contributed by atoms with Gasteiger partial charge in [0, 0.05) is 22.0 Å². The molecule has 0 N–H and O–H groups in total. The monoisotopic (exact) mass is 562 g/mol. The van der Waals surface area contributed by atoms with Gasteiger partial charge in [0.2, 0.25) is 5.89 Å². The fourth-order valence-corrected chi connectivity index (χ4v) is 6.41. The van der Waals surface area contributed by atoms with Crippen molar-refractivity contribution >= 4 is 43.7 Å². The van der Waals surface area contributed by atoms with Crippen molar-refractivity contribution in [2.24, 2.45) is 0 Å². The molecule has 0 aliphatic rings. The van der Waals surface area contributed by atoms with Crippen LogP contribution >= 0.6 is 0 Å². The molecule has 0 amide bonds. The summed E-state index contributed by atoms with van der Waals surface area (Å²) in [6.07, 6.45) is 0. The zero-order chi connectivity index (χ0) is 29.0. The van der Waals surface area contributed by atoms with Crippen LogP contribution in [0.1, 0.15) is 0 Å². The molecule has 7 aromatic carbocycles. The molecule has 0 saturated heterocycles. The predicted octanol–water partition coefficient (Wildman–Crippen LogP) is 11.1. The summed E-state index contributed by atoms with van der Waals surface area (Å²) in [5, 5.41) is 4.96. The molecule has 0 radical (unpaired) electrons. The number of oxazole rings is 1. The fraction of sp³-hybridized carbons (Fsp3) is 0. The Morgan fingerprint density at radius 3 is 1.95 bits per heavy atom. The number of aromatic nitrogens is 2. The Balaban J connectivity index is 1.06. The number of fused-ring (bicyclic) bond motifs is 5. The van der Waals surface area contributed by atoms with E-state index in [1.54, 1.807) is 0 Å². The van der Waals surface area contributed by atoms with E-state index >= 15 is 0 Å². The molecule has 44 heavy (non-hydrogen) atoms. The van der Waals surface area contributed by atoms with Gasteiger partial charge < -0.3 is 8.98 Å². The van der Waals surface area contributed by atoms with Gasteiger partial charge in [-0.3, -0.25) is 0 Å². The van der Waals surface area contributed by atoms with E-state index in [9.17, 15) is 0 Å². The zero-order valence-corrected chi connectivity index (χ0v) is 23.8. The largest absolute Gasteiger partial charge is 0.436 e. The molecule has 0 aliphatic heterocycles. The molecular weight excluding hydrogens is 536 g/mol. The number of nitrogens with zero attached hydrogens (tertiary/aromatic N) is 2. The second-order valence-electron chi connectivity index (χ2n) is 11.3. The Morgan fingerprint density at radius 1 is 0.432 bits per heavy atom. The lowest BCUT2D eigenvalue weighted by Crippen LogP contribution is -1.92. The average Bonchev–Trinajstić information content (AvgIpc) is 3.67. The van der Waals surface area contributed by atoms with E-state index in [1.807, 2.05) is 6.07 Å². The van der Waals surface area contributed by atoms with Gasteiger partial charge in [-0.1, -0.05) is 97.1 Å². The van der Waals surface area contributed by atoms with Crippen molar-refractivity contribution in [3.05, 3.63) is 158 Å². The van der Waals surface area contributed by atoms with Crippen molar-refractivity contribution in [1.82, 2.24) is 9.55 Å². The molecule has 0 atom stereocenters. The van der Waals surface area contributed by atoms with Gasteiger partial charge in [-0.2, -0.15) is 0 Å². The second kappa shape index (κ2) is 9.82.